The van der Waals surface area contributed by atoms with Gasteiger partial charge in [-0.1, -0.05) is 0 Å². The number of thioether (sulfide) groups is 1. The van der Waals surface area contributed by atoms with Gasteiger partial charge in [-0.2, -0.15) is 11.8 Å². The highest BCUT2D eigenvalue weighted by atomic mass is 32.2. The molecule has 1 fully saturated rings. The Kier molecular flexibility index (Phi) is 5.13. The molecule has 0 saturated carbocycles. The fraction of sp³-hybridized carbons (Fsp3) is 0.714. The molecule has 0 aromatic carbocycles. The maximum Gasteiger partial charge on any atom is 0.0328 e. The fourth-order valence-corrected chi connectivity index (χ4v) is 3.91. The molecule has 2 heterocycles. The molecule has 0 unspecified atom stereocenters. The van der Waals surface area contributed by atoms with Gasteiger partial charge in [-0.3, -0.25) is 4.90 Å². The van der Waals surface area contributed by atoms with Crippen LogP contribution in [0.2, 0.25) is 0 Å². The third-order valence-corrected chi connectivity index (χ3v) is 5.01. The van der Waals surface area contributed by atoms with Crippen LogP contribution in [-0.2, 0) is 13.1 Å². The minimum absolute atomic E-state index is 0.203. The molecular weight excluding hydrogens is 260 g/mol. The zero-order valence-electron chi connectivity index (χ0n) is 11.7. The van der Waals surface area contributed by atoms with E-state index in [0.717, 1.165) is 13.1 Å². The van der Waals surface area contributed by atoms with Gasteiger partial charge in [0, 0.05) is 53.0 Å². The summed E-state index contributed by atoms with van der Waals surface area (Å²) in [6, 6.07) is 4.57. The number of thiophene rings is 1. The van der Waals surface area contributed by atoms with E-state index in [1.807, 2.05) is 11.3 Å². The monoisotopic (exact) mass is 284 g/mol. The van der Waals surface area contributed by atoms with Crippen molar-refractivity contribution in [2.45, 2.75) is 39.4 Å². The van der Waals surface area contributed by atoms with E-state index in [0.29, 0.717) is 0 Å². The normalized spacial score (nSPS) is 18.2. The molecule has 1 aromatic rings. The van der Waals surface area contributed by atoms with Crippen LogP contribution in [0.25, 0.3) is 0 Å². The van der Waals surface area contributed by atoms with Crippen LogP contribution in [0.5, 0.6) is 0 Å². The van der Waals surface area contributed by atoms with Crippen molar-refractivity contribution in [3.8, 4) is 0 Å². The molecule has 0 aliphatic carbocycles. The lowest BCUT2D eigenvalue weighted by Gasteiger charge is -2.25. The maximum atomic E-state index is 3.55. The van der Waals surface area contributed by atoms with Gasteiger partial charge in [0.15, 0.2) is 0 Å². The van der Waals surface area contributed by atoms with Gasteiger partial charge in [0.1, 0.15) is 0 Å². The standard InChI is InChI=1S/C14H24N2S2/c1-14(2,3)15-10-12-4-5-13(18-12)11-16-6-8-17-9-7-16/h4-5,15H,6-11H2,1-3H3. The largest absolute Gasteiger partial charge is 0.307 e. The highest BCUT2D eigenvalue weighted by molar-refractivity contribution is 7.99. The van der Waals surface area contributed by atoms with Crippen molar-refractivity contribution in [2.75, 3.05) is 24.6 Å². The molecule has 2 nitrogen and oxygen atoms in total. The predicted molar refractivity (Wildman–Crippen MR) is 83.5 cm³/mol. The van der Waals surface area contributed by atoms with Crippen molar-refractivity contribution in [1.82, 2.24) is 10.2 Å². The smallest absolute Gasteiger partial charge is 0.0328 e. The van der Waals surface area contributed by atoms with Gasteiger partial charge >= 0.3 is 0 Å². The van der Waals surface area contributed by atoms with E-state index in [1.54, 1.807) is 0 Å². The van der Waals surface area contributed by atoms with Gasteiger partial charge in [0.05, 0.1) is 0 Å². The molecule has 1 aromatic heterocycles. The lowest BCUT2D eigenvalue weighted by molar-refractivity contribution is 0.297. The molecule has 102 valence electrons. The quantitative estimate of drug-likeness (QED) is 0.914. The SMILES string of the molecule is CC(C)(C)NCc1ccc(CN2CCSCC2)s1. The molecule has 1 saturated heterocycles. The van der Waals surface area contributed by atoms with Crippen LogP contribution in [0.1, 0.15) is 30.5 Å². The van der Waals surface area contributed by atoms with E-state index in [1.165, 1.54) is 34.3 Å². The summed E-state index contributed by atoms with van der Waals surface area (Å²) in [5.41, 5.74) is 0.203. The summed E-state index contributed by atoms with van der Waals surface area (Å²) >= 11 is 4.03. The Morgan fingerprint density at radius 1 is 1.17 bits per heavy atom. The summed E-state index contributed by atoms with van der Waals surface area (Å²) < 4.78 is 0. The Hall–Kier alpha value is -0.0300. The van der Waals surface area contributed by atoms with Crippen molar-refractivity contribution in [3.05, 3.63) is 21.9 Å². The molecule has 18 heavy (non-hydrogen) atoms. The average Bonchev–Trinajstić information content (AvgIpc) is 2.75. The summed E-state index contributed by atoms with van der Waals surface area (Å²) in [5, 5.41) is 3.55. The molecule has 1 aliphatic rings. The predicted octanol–water partition coefficient (Wildman–Crippen LogP) is 3.19. The van der Waals surface area contributed by atoms with E-state index in [-0.39, 0.29) is 5.54 Å². The summed E-state index contributed by atoms with van der Waals surface area (Å²) in [6.45, 7) is 11.3. The molecular formula is C14H24N2S2. The summed E-state index contributed by atoms with van der Waals surface area (Å²) in [4.78, 5) is 5.53. The van der Waals surface area contributed by atoms with E-state index in [2.05, 4.69) is 54.9 Å². The minimum Gasteiger partial charge on any atom is -0.307 e. The van der Waals surface area contributed by atoms with Gasteiger partial charge in [-0.05, 0) is 32.9 Å². The lowest BCUT2D eigenvalue weighted by atomic mass is 10.1. The van der Waals surface area contributed by atoms with Crippen molar-refractivity contribution >= 4 is 23.1 Å². The van der Waals surface area contributed by atoms with Crippen LogP contribution in [0.3, 0.4) is 0 Å². The first kappa shape index (κ1) is 14.4. The lowest BCUT2D eigenvalue weighted by Crippen LogP contribution is -2.34. The number of nitrogens with zero attached hydrogens (tertiary/aromatic N) is 1. The Labute approximate surface area is 119 Å². The van der Waals surface area contributed by atoms with Crippen LogP contribution >= 0.6 is 23.1 Å². The first-order chi connectivity index (χ1) is 8.53. The molecule has 0 radical (unpaired) electrons. The molecule has 4 heteroatoms. The second-order valence-corrected chi connectivity index (χ2v) is 8.34. The summed E-state index contributed by atoms with van der Waals surface area (Å²) in [7, 11) is 0. The van der Waals surface area contributed by atoms with Gasteiger partial charge in [0.25, 0.3) is 0 Å². The zero-order valence-corrected chi connectivity index (χ0v) is 13.3. The second-order valence-electron chi connectivity index (χ2n) is 5.86. The number of hydrogen-bond donors (Lipinski definition) is 1. The van der Waals surface area contributed by atoms with Crippen LogP contribution in [0, 0.1) is 0 Å². The Balaban J connectivity index is 1.82. The van der Waals surface area contributed by atoms with Crippen molar-refractivity contribution in [2.24, 2.45) is 0 Å². The van der Waals surface area contributed by atoms with Gasteiger partial charge < -0.3 is 5.32 Å². The first-order valence-electron chi connectivity index (χ1n) is 6.66. The van der Waals surface area contributed by atoms with Crippen molar-refractivity contribution in [1.29, 1.82) is 0 Å². The number of hydrogen-bond acceptors (Lipinski definition) is 4. The Morgan fingerprint density at radius 2 is 1.83 bits per heavy atom. The first-order valence-corrected chi connectivity index (χ1v) is 8.63. The highest BCUT2D eigenvalue weighted by Gasteiger charge is 2.13. The number of nitrogens with one attached hydrogen (secondary N) is 1. The molecule has 0 spiro atoms. The van der Waals surface area contributed by atoms with E-state index in [4.69, 9.17) is 0 Å². The van der Waals surface area contributed by atoms with Crippen LogP contribution in [0.15, 0.2) is 12.1 Å². The van der Waals surface area contributed by atoms with E-state index in [9.17, 15) is 0 Å². The third-order valence-electron chi connectivity index (χ3n) is 2.99. The highest BCUT2D eigenvalue weighted by Crippen LogP contribution is 2.20. The molecule has 0 atom stereocenters. The van der Waals surface area contributed by atoms with Gasteiger partial charge in [0.2, 0.25) is 0 Å². The third kappa shape index (κ3) is 4.92. The van der Waals surface area contributed by atoms with Gasteiger partial charge in [-0.25, -0.2) is 0 Å². The fourth-order valence-electron chi connectivity index (χ4n) is 1.93. The summed E-state index contributed by atoms with van der Waals surface area (Å²) in [6.07, 6.45) is 0. The molecule has 0 amide bonds. The Bertz CT molecular complexity index is 362. The second kappa shape index (κ2) is 6.42. The maximum absolute atomic E-state index is 3.55. The van der Waals surface area contributed by atoms with Gasteiger partial charge in [-0.15, -0.1) is 11.3 Å². The van der Waals surface area contributed by atoms with Crippen LogP contribution < -0.4 is 5.32 Å². The topological polar surface area (TPSA) is 15.3 Å². The molecule has 1 aliphatic heterocycles. The Morgan fingerprint density at radius 3 is 2.50 bits per heavy atom. The minimum atomic E-state index is 0.203. The van der Waals surface area contributed by atoms with Crippen molar-refractivity contribution < 1.29 is 0 Å². The van der Waals surface area contributed by atoms with E-state index >= 15 is 0 Å². The molecule has 1 N–H and O–H groups in total. The van der Waals surface area contributed by atoms with Crippen molar-refractivity contribution in [3.63, 3.8) is 0 Å². The van der Waals surface area contributed by atoms with Crippen LogP contribution in [0.4, 0.5) is 0 Å². The molecule has 0 bridgehead atoms. The number of rotatable bonds is 4. The average molecular weight is 284 g/mol. The van der Waals surface area contributed by atoms with Crippen LogP contribution in [-0.4, -0.2) is 35.0 Å². The molecule has 2 rings (SSSR count). The summed E-state index contributed by atoms with van der Waals surface area (Å²) in [5.74, 6) is 2.59. The van der Waals surface area contributed by atoms with E-state index < -0.39 is 0 Å². The zero-order chi connectivity index (χ0) is 13.0.